The second kappa shape index (κ2) is 9.71. The summed E-state index contributed by atoms with van der Waals surface area (Å²) in [5.74, 6) is 0.919. The first-order valence-corrected chi connectivity index (χ1v) is 8.12. The lowest BCUT2D eigenvalue weighted by Crippen LogP contribution is -2.24. The van der Waals surface area contributed by atoms with E-state index in [1.165, 1.54) is 6.08 Å². The molecule has 5 nitrogen and oxygen atoms in total. The standard InChI is InChI=1S/C19H20ClNO4/c1-24-18-12-14(5-9-19(23)21-10-11-22)4-8-17(18)25-13-15-2-6-16(20)7-3-15/h2-9,12,22H,10-11,13H2,1H3,(H,21,23)/b9-5+. The zero-order chi connectivity index (χ0) is 18.1. The zero-order valence-electron chi connectivity index (χ0n) is 13.9. The molecule has 2 N–H and O–H groups in total. The molecular formula is C19H20ClNO4. The van der Waals surface area contributed by atoms with Gasteiger partial charge < -0.3 is 19.9 Å². The van der Waals surface area contributed by atoms with Crippen LogP contribution in [-0.4, -0.2) is 31.3 Å². The van der Waals surface area contributed by atoms with E-state index in [9.17, 15) is 4.79 Å². The minimum Gasteiger partial charge on any atom is -0.493 e. The summed E-state index contributed by atoms with van der Waals surface area (Å²) in [5, 5.41) is 11.9. The third-order valence-electron chi connectivity index (χ3n) is 3.33. The Hall–Kier alpha value is -2.50. The van der Waals surface area contributed by atoms with Crippen molar-refractivity contribution in [3.05, 3.63) is 64.7 Å². The molecule has 0 bridgehead atoms. The first-order valence-electron chi connectivity index (χ1n) is 7.74. The summed E-state index contributed by atoms with van der Waals surface area (Å²) in [7, 11) is 1.56. The molecule has 2 aromatic rings. The molecule has 0 spiro atoms. The van der Waals surface area contributed by atoms with Crippen LogP contribution < -0.4 is 14.8 Å². The van der Waals surface area contributed by atoms with Gasteiger partial charge in [0.15, 0.2) is 11.5 Å². The topological polar surface area (TPSA) is 67.8 Å². The van der Waals surface area contributed by atoms with Gasteiger partial charge >= 0.3 is 0 Å². The lowest BCUT2D eigenvalue weighted by Gasteiger charge is -2.11. The van der Waals surface area contributed by atoms with E-state index in [1.807, 2.05) is 30.3 Å². The Labute approximate surface area is 151 Å². The van der Waals surface area contributed by atoms with Crippen molar-refractivity contribution in [1.29, 1.82) is 0 Å². The van der Waals surface area contributed by atoms with Crippen molar-refractivity contribution < 1.29 is 19.4 Å². The fraction of sp³-hybridized carbons (Fsp3) is 0.211. The van der Waals surface area contributed by atoms with Gasteiger partial charge in [0, 0.05) is 17.6 Å². The monoisotopic (exact) mass is 361 g/mol. The maximum atomic E-state index is 11.5. The van der Waals surface area contributed by atoms with Crippen molar-refractivity contribution in [3.8, 4) is 11.5 Å². The van der Waals surface area contributed by atoms with Crippen LogP contribution in [0, 0.1) is 0 Å². The van der Waals surface area contributed by atoms with Gasteiger partial charge in [-0.25, -0.2) is 0 Å². The van der Waals surface area contributed by atoms with Gasteiger partial charge in [0.1, 0.15) is 6.61 Å². The van der Waals surface area contributed by atoms with E-state index in [-0.39, 0.29) is 19.1 Å². The van der Waals surface area contributed by atoms with Crippen LogP contribution in [0.3, 0.4) is 0 Å². The number of amides is 1. The Balaban J connectivity index is 2.01. The fourth-order valence-electron chi connectivity index (χ4n) is 2.06. The highest BCUT2D eigenvalue weighted by Gasteiger charge is 2.06. The summed E-state index contributed by atoms with van der Waals surface area (Å²) in [6, 6.07) is 12.8. The number of aliphatic hydroxyl groups excluding tert-OH is 1. The maximum Gasteiger partial charge on any atom is 0.244 e. The van der Waals surface area contributed by atoms with Crippen LogP contribution >= 0.6 is 11.6 Å². The number of carbonyl (C=O) groups excluding carboxylic acids is 1. The molecule has 0 radical (unpaired) electrons. The summed E-state index contributed by atoms with van der Waals surface area (Å²) in [5.41, 5.74) is 1.80. The molecule has 0 aliphatic rings. The highest BCUT2D eigenvalue weighted by atomic mass is 35.5. The number of nitrogens with one attached hydrogen (secondary N) is 1. The normalized spacial score (nSPS) is 10.7. The predicted octanol–water partition coefficient (Wildman–Crippen LogP) is 3.05. The van der Waals surface area contributed by atoms with Crippen LogP contribution in [0.2, 0.25) is 5.02 Å². The van der Waals surface area contributed by atoms with Crippen molar-refractivity contribution in [2.75, 3.05) is 20.3 Å². The maximum absolute atomic E-state index is 11.5. The SMILES string of the molecule is COc1cc(/C=C/C(=O)NCCO)ccc1OCc1ccc(Cl)cc1. The highest BCUT2D eigenvalue weighted by Crippen LogP contribution is 2.29. The summed E-state index contributed by atoms with van der Waals surface area (Å²) >= 11 is 5.87. The number of benzene rings is 2. The van der Waals surface area contributed by atoms with Gasteiger partial charge in [-0.05, 0) is 41.5 Å². The van der Waals surface area contributed by atoms with E-state index in [4.69, 9.17) is 26.2 Å². The molecular weight excluding hydrogens is 342 g/mol. The number of hydrogen-bond acceptors (Lipinski definition) is 4. The lowest BCUT2D eigenvalue weighted by molar-refractivity contribution is -0.116. The van der Waals surface area contributed by atoms with Crippen LogP contribution in [0.15, 0.2) is 48.5 Å². The van der Waals surface area contributed by atoms with Crippen LogP contribution in [0.5, 0.6) is 11.5 Å². The van der Waals surface area contributed by atoms with Gasteiger partial charge in [0.05, 0.1) is 13.7 Å². The fourth-order valence-corrected chi connectivity index (χ4v) is 2.18. The number of carbonyl (C=O) groups is 1. The molecule has 0 fully saturated rings. The van der Waals surface area contributed by atoms with Gasteiger partial charge in [0.25, 0.3) is 0 Å². The Morgan fingerprint density at radius 1 is 1.20 bits per heavy atom. The second-order valence-corrected chi connectivity index (χ2v) is 5.61. The molecule has 0 aliphatic heterocycles. The van der Waals surface area contributed by atoms with Crippen LogP contribution in [-0.2, 0) is 11.4 Å². The second-order valence-electron chi connectivity index (χ2n) is 5.17. The van der Waals surface area contributed by atoms with Gasteiger partial charge in [-0.15, -0.1) is 0 Å². The number of halogens is 1. The molecule has 0 saturated carbocycles. The van der Waals surface area contributed by atoms with E-state index in [1.54, 1.807) is 25.3 Å². The molecule has 6 heteroatoms. The molecule has 0 heterocycles. The first kappa shape index (κ1) is 18.8. The largest absolute Gasteiger partial charge is 0.493 e. The smallest absolute Gasteiger partial charge is 0.244 e. The lowest BCUT2D eigenvalue weighted by atomic mass is 10.2. The van der Waals surface area contributed by atoms with E-state index in [0.717, 1.165) is 11.1 Å². The Bertz CT molecular complexity index is 729. The molecule has 0 aromatic heterocycles. The zero-order valence-corrected chi connectivity index (χ0v) is 14.6. The average Bonchev–Trinajstić information content (AvgIpc) is 2.64. The Morgan fingerprint density at radius 2 is 1.96 bits per heavy atom. The van der Waals surface area contributed by atoms with E-state index < -0.39 is 0 Å². The number of rotatable bonds is 8. The number of hydrogen-bond donors (Lipinski definition) is 2. The van der Waals surface area contributed by atoms with Gasteiger partial charge in [-0.2, -0.15) is 0 Å². The number of aliphatic hydroxyl groups is 1. The molecule has 0 aliphatic carbocycles. The van der Waals surface area contributed by atoms with Crippen LogP contribution in [0.4, 0.5) is 0 Å². The first-order chi connectivity index (χ1) is 12.1. The van der Waals surface area contributed by atoms with Crippen LogP contribution in [0.1, 0.15) is 11.1 Å². The van der Waals surface area contributed by atoms with Crippen molar-refractivity contribution >= 4 is 23.6 Å². The molecule has 132 valence electrons. The van der Waals surface area contributed by atoms with Gasteiger partial charge in [-0.1, -0.05) is 29.8 Å². The molecule has 2 aromatic carbocycles. The molecule has 25 heavy (non-hydrogen) atoms. The van der Waals surface area contributed by atoms with Gasteiger partial charge in [-0.3, -0.25) is 4.79 Å². The minimum absolute atomic E-state index is 0.0902. The molecule has 0 saturated heterocycles. The van der Waals surface area contributed by atoms with Crippen molar-refractivity contribution in [3.63, 3.8) is 0 Å². The third kappa shape index (κ3) is 6.14. The summed E-state index contributed by atoms with van der Waals surface area (Å²) in [6.07, 6.45) is 3.07. The summed E-state index contributed by atoms with van der Waals surface area (Å²) in [4.78, 5) is 11.5. The van der Waals surface area contributed by atoms with E-state index in [2.05, 4.69) is 5.32 Å². The third-order valence-corrected chi connectivity index (χ3v) is 3.59. The predicted molar refractivity (Wildman–Crippen MR) is 97.9 cm³/mol. The Kier molecular flexibility index (Phi) is 7.32. The number of ether oxygens (including phenoxy) is 2. The quantitative estimate of drug-likeness (QED) is 0.709. The van der Waals surface area contributed by atoms with Crippen molar-refractivity contribution in [2.45, 2.75) is 6.61 Å². The van der Waals surface area contributed by atoms with Crippen LogP contribution in [0.25, 0.3) is 6.08 Å². The molecule has 2 rings (SSSR count). The summed E-state index contributed by atoms with van der Waals surface area (Å²) in [6.45, 7) is 0.531. The van der Waals surface area contributed by atoms with Crippen molar-refractivity contribution in [1.82, 2.24) is 5.32 Å². The van der Waals surface area contributed by atoms with Gasteiger partial charge in [0.2, 0.25) is 5.91 Å². The highest BCUT2D eigenvalue weighted by molar-refractivity contribution is 6.30. The summed E-state index contributed by atoms with van der Waals surface area (Å²) < 4.78 is 11.1. The molecule has 0 unspecified atom stereocenters. The Morgan fingerprint density at radius 3 is 2.64 bits per heavy atom. The number of methoxy groups -OCH3 is 1. The molecule has 0 atom stereocenters. The average molecular weight is 362 g/mol. The van der Waals surface area contributed by atoms with E-state index >= 15 is 0 Å². The van der Waals surface area contributed by atoms with E-state index in [0.29, 0.717) is 23.1 Å². The minimum atomic E-state index is -0.268. The van der Waals surface area contributed by atoms with Crippen molar-refractivity contribution in [2.24, 2.45) is 0 Å². The molecule has 1 amide bonds.